The van der Waals surface area contributed by atoms with Crippen molar-refractivity contribution in [1.29, 1.82) is 0 Å². The van der Waals surface area contributed by atoms with E-state index in [1.54, 1.807) is 0 Å². The SMILES string of the molecule is O=C(N1CCCN(C2CCCC2)CC1)[C@@]12CCCC[C@H]1CNC2. The van der Waals surface area contributed by atoms with Gasteiger partial charge < -0.3 is 10.2 Å². The van der Waals surface area contributed by atoms with Crippen molar-refractivity contribution in [3.8, 4) is 0 Å². The topological polar surface area (TPSA) is 35.6 Å². The van der Waals surface area contributed by atoms with Gasteiger partial charge in [-0.3, -0.25) is 9.69 Å². The van der Waals surface area contributed by atoms with Gasteiger partial charge in [-0.05, 0) is 44.6 Å². The Kier molecular flexibility index (Phi) is 4.64. The number of rotatable bonds is 2. The van der Waals surface area contributed by atoms with Crippen LogP contribution in [0.2, 0.25) is 0 Å². The first-order valence-electron chi connectivity index (χ1n) is 10.0. The molecule has 0 aromatic heterocycles. The van der Waals surface area contributed by atoms with E-state index in [0.717, 1.165) is 51.6 Å². The first-order valence-corrected chi connectivity index (χ1v) is 10.0. The number of fused-ring (bicyclic) bond motifs is 1. The quantitative estimate of drug-likeness (QED) is 0.848. The van der Waals surface area contributed by atoms with Gasteiger partial charge in [-0.2, -0.15) is 0 Å². The Balaban J connectivity index is 1.42. The van der Waals surface area contributed by atoms with Crippen LogP contribution in [0, 0.1) is 11.3 Å². The molecule has 0 aromatic rings. The lowest BCUT2D eigenvalue weighted by Crippen LogP contribution is -2.50. The summed E-state index contributed by atoms with van der Waals surface area (Å²) < 4.78 is 0. The monoisotopic (exact) mass is 319 g/mol. The average molecular weight is 319 g/mol. The van der Waals surface area contributed by atoms with Crippen LogP contribution >= 0.6 is 0 Å². The lowest BCUT2D eigenvalue weighted by Gasteiger charge is -2.40. The van der Waals surface area contributed by atoms with E-state index in [2.05, 4.69) is 15.1 Å². The summed E-state index contributed by atoms with van der Waals surface area (Å²) in [6.45, 7) is 6.24. The Morgan fingerprint density at radius 3 is 2.61 bits per heavy atom. The summed E-state index contributed by atoms with van der Waals surface area (Å²) in [4.78, 5) is 18.3. The number of nitrogens with zero attached hydrogens (tertiary/aromatic N) is 2. The van der Waals surface area contributed by atoms with Crippen molar-refractivity contribution >= 4 is 5.91 Å². The summed E-state index contributed by atoms with van der Waals surface area (Å²) >= 11 is 0. The van der Waals surface area contributed by atoms with E-state index < -0.39 is 0 Å². The van der Waals surface area contributed by atoms with E-state index in [-0.39, 0.29) is 5.41 Å². The highest BCUT2D eigenvalue weighted by molar-refractivity contribution is 5.84. The second-order valence-corrected chi connectivity index (χ2v) is 8.35. The molecule has 4 nitrogen and oxygen atoms in total. The summed E-state index contributed by atoms with van der Waals surface area (Å²) in [7, 11) is 0. The van der Waals surface area contributed by atoms with Crippen LogP contribution in [-0.4, -0.2) is 61.0 Å². The molecule has 2 aliphatic heterocycles. The number of hydrogen-bond donors (Lipinski definition) is 1. The minimum Gasteiger partial charge on any atom is -0.341 e. The molecular formula is C19H33N3O. The molecule has 2 saturated heterocycles. The summed E-state index contributed by atoms with van der Waals surface area (Å²) in [6, 6.07) is 0.804. The second kappa shape index (κ2) is 6.72. The Morgan fingerprint density at radius 1 is 0.913 bits per heavy atom. The van der Waals surface area contributed by atoms with Gasteiger partial charge in [0.25, 0.3) is 0 Å². The van der Waals surface area contributed by atoms with Gasteiger partial charge in [0.1, 0.15) is 0 Å². The molecule has 1 N–H and O–H groups in total. The highest BCUT2D eigenvalue weighted by atomic mass is 16.2. The van der Waals surface area contributed by atoms with Crippen molar-refractivity contribution in [1.82, 2.24) is 15.1 Å². The van der Waals surface area contributed by atoms with Gasteiger partial charge in [-0.25, -0.2) is 0 Å². The van der Waals surface area contributed by atoms with Crippen LogP contribution in [0.4, 0.5) is 0 Å². The standard InChI is InChI=1S/C19H33N3O/c23-18(19-9-4-3-6-16(19)14-20-15-19)22-11-5-10-21(12-13-22)17-7-1-2-8-17/h16-17,20H,1-15H2/t16-,19+/m0/s1. The number of nitrogens with one attached hydrogen (secondary N) is 1. The number of carbonyl (C=O) groups is 1. The molecule has 0 unspecified atom stereocenters. The fourth-order valence-electron chi connectivity index (χ4n) is 5.76. The molecule has 0 radical (unpaired) electrons. The number of carbonyl (C=O) groups excluding carboxylic acids is 1. The predicted molar refractivity (Wildman–Crippen MR) is 92.3 cm³/mol. The zero-order valence-corrected chi connectivity index (χ0v) is 14.6. The first-order chi connectivity index (χ1) is 11.3. The largest absolute Gasteiger partial charge is 0.341 e. The molecule has 0 aromatic carbocycles. The van der Waals surface area contributed by atoms with Crippen LogP contribution in [0.1, 0.15) is 57.8 Å². The summed E-state index contributed by atoms with van der Waals surface area (Å²) in [5.41, 5.74) is -0.0548. The summed E-state index contributed by atoms with van der Waals surface area (Å²) in [5.74, 6) is 1.08. The van der Waals surface area contributed by atoms with E-state index in [0.29, 0.717) is 11.8 Å². The molecule has 4 rings (SSSR count). The Hall–Kier alpha value is -0.610. The van der Waals surface area contributed by atoms with E-state index in [9.17, 15) is 4.79 Å². The van der Waals surface area contributed by atoms with Crippen LogP contribution in [0.5, 0.6) is 0 Å². The molecule has 130 valence electrons. The fourth-order valence-corrected chi connectivity index (χ4v) is 5.76. The normalized spacial score (nSPS) is 36.9. The molecule has 0 spiro atoms. The third kappa shape index (κ3) is 2.93. The minimum absolute atomic E-state index is 0.0548. The minimum atomic E-state index is -0.0548. The smallest absolute Gasteiger partial charge is 0.230 e. The van der Waals surface area contributed by atoms with Gasteiger partial charge in [0.2, 0.25) is 5.91 Å². The molecule has 2 saturated carbocycles. The maximum atomic E-state index is 13.4. The van der Waals surface area contributed by atoms with Crippen molar-refractivity contribution < 1.29 is 4.79 Å². The van der Waals surface area contributed by atoms with E-state index >= 15 is 0 Å². The van der Waals surface area contributed by atoms with Gasteiger partial charge in [0.05, 0.1) is 5.41 Å². The lowest BCUT2D eigenvalue weighted by atomic mass is 9.67. The van der Waals surface area contributed by atoms with Crippen molar-refractivity contribution in [3.05, 3.63) is 0 Å². The van der Waals surface area contributed by atoms with Crippen LogP contribution in [0.25, 0.3) is 0 Å². The molecule has 4 fully saturated rings. The average Bonchev–Trinajstić information content (AvgIpc) is 3.20. The van der Waals surface area contributed by atoms with Gasteiger partial charge in [0.15, 0.2) is 0 Å². The zero-order chi connectivity index (χ0) is 15.7. The van der Waals surface area contributed by atoms with Crippen molar-refractivity contribution in [2.75, 3.05) is 39.3 Å². The van der Waals surface area contributed by atoms with E-state index in [1.165, 1.54) is 51.5 Å². The van der Waals surface area contributed by atoms with E-state index in [4.69, 9.17) is 0 Å². The molecular weight excluding hydrogens is 286 g/mol. The van der Waals surface area contributed by atoms with Gasteiger partial charge >= 0.3 is 0 Å². The van der Waals surface area contributed by atoms with Crippen LogP contribution in [-0.2, 0) is 4.79 Å². The van der Waals surface area contributed by atoms with E-state index in [1.807, 2.05) is 0 Å². The van der Waals surface area contributed by atoms with Crippen LogP contribution in [0.3, 0.4) is 0 Å². The fraction of sp³-hybridized carbons (Fsp3) is 0.947. The molecule has 0 bridgehead atoms. The molecule has 4 aliphatic rings. The third-order valence-electron chi connectivity index (χ3n) is 7.12. The van der Waals surface area contributed by atoms with Gasteiger partial charge in [-0.15, -0.1) is 0 Å². The van der Waals surface area contributed by atoms with Crippen molar-refractivity contribution in [2.24, 2.45) is 11.3 Å². The molecule has 2 aliphatic carbocycles. The zero-order valence-electron chi connectivity index (χ0n) is 14.6. The van der Waals surface area contributed by atoms with Gasteiger partial charge in [0, 0.05) is 38.8 Å². The van der Waals surface area contributed by atoms with Gasteiger partial charge in [-0.1, -0.05) is 25.7 Å². The maximum absolute atomic E-state index is 13.4. The number of hydrogen-bond acceptors (Lipinski definition) is 3. The molecule has 1 amide bonds. The summed E-state index contributed by atoms with van der Waals surface area (Å²) in [5, 5.41) is 3.54. The second-order valence-electron chi connectivity index (χ2n) is 8.35. The summed E-state index contributed by atoms with van der Waals surface area (Å²) in [6.07, 6.45) is 11.7. The molecule has 2 atom stereocenters. The highest BCUT2D eigenvalue weighted by Gasteiger charge is 2.51. The Labute approximate surface area is 141 Å². The van der Waals surface area contributed by atoms with Crippen molar-refractivity contribution in [2.45, 2.75) is 63.8 Å². The first kappa shape index (κ1) is 15.9. The molecule has 4 heteroatoms. The maximum Gasteiger partial charge on any atom is 0.230 e. The van der Waals surface area contributed by atoms with Crippen LogP contribution in [0.15, 0.2) is 0 Å². The Morgan fingerprint density at radius 2 is 1.74 bits per heavy atom. The highest BCUT2D eigenvalue weighted by Crippen LogP contribution is 2.45. The predicted octanol–water partition coefficient (Wildman–Crippen LogP) is 2.24. The van der Waals surface area contributed by atoms with Crippen molar-refractivity contribution in [3.63, 3.8) is 0 Å². The lowest BCUT2D eigenvalue weighted by molar-refractivity contribution is -0.145. The molecule has 23 heavy (non-hydrogen) atoms. The van der Waals surface area contributed by atoms with Crippen LogP contribution < -0.4 is 5.32 Å². The number of amides is 1. The third-order valence-corrected chi connectivity index (χ3v) is 7.12. The Bertz CT molecular complexity index is 434. The molecule has 2 heterocycles.